The number of rotatable bonds is 5. The number of hydrogen-bond donors (Lipinski definition) is 2. The predicted octanol–water partition coefficient (Wildman–Crippen LogP) is 3.68. The number of benzene rings is 3. The van der Waals surface area contributed by atoms with Gasteiger partial charge in [-0.15, -0.1) is 0 Å². The number of ether oxygens (including phenoxy) is 3. The van der Waals surface area contributed by atoms with Crippen molar-refractivity contribution in [1.82, 2.24) is 10.9 Å². The van der Waals surface area contributed by atoms with Crippen LogP contribution < -0.4 is 25.1 Å². The van der Waals surface area contributed by atoms with Gasteiger partial charge in [0.25, 0.3) is 11.8 Å². The highest BCUT2D eigenvalue weighted by Crippen LogP contribution is 2.32. The normalized spacial score (nSPS) is 11.9. The summed E-state index contributed by atoms with van der Waals surface area (Å²) in [6, 6.07) is 21.5. The Kier molecular flexibility index (Phi) is 5.61. The Bertz CT molecular complexity index is 1100. The molecule has 7 nitrogen and oxygen atoms in total. The average Bonchev–Trinajstić information content (AvgIpc) is 3.25. The van der Waals surface area contributed by atoms with Crippen molar-refractivity contribution >= 4 is 17.9 Å². The first-order valence-electron chi connectivity index (χ1n) is 9.18. The number of carbonyl (C=O) groups excluding carboxylic acids is 2. The molecule has 3 aromatic rings. The van der Waals surface area contributed by atoms with Crippen LogP contribution in [-0.4, -0.2) is 18.6 Å². The van der Waals surface area contributed by atoms with E-state index in [0.717, 1.165) is 11.3 Å². The van der Waals surface area contributed by atoms with E-state index >= 15 is 0 Å². The van der Waals surface area contributed by atoms with Crippen molar-refractivity contribution in [2.24, 2.45) is 0 Å². The third-order valence-corrected chi connectivity index (χ3v) is 4.20. The van der Waals surface area contributed by atoms with Crippen LogP contribution in [0.4, 0.5) is 0 Å². The standard InChI is InChI=1S/C23H18N2O5/c26-22(24-25-23(27)17-10-11-20-21(14-17)29-15-28-20)12-9-16-5-4-8-19(13-16)30-18-6-2-1-3-7-18/h1-14H,15H2,(H,24,26)(H,25,27)/b12-9+. The fraction of sp³-hybridized carbons (Fsp3) is 0.0435. The van der Waals surface area contributed by atoms with Crippen molar-refractivity contribution in [3.05, 3.63) is 90.0 Å². The summed E-state index contributed by atoms with van der Waals surface area (Å²) < 4.78 is 16.2. The summed E-state index contributed by atoms with van der Waals surface area (Å²) in [4.78, 5) is 24.2. The monoisotopic (exact) mass is 402 g/mol. The number of amides is 2. The highest BCUT2D eigenvalue weighted by molar-refractivity contribution is 5.98. The van der Waals surface area contributed by atoms with Crippen molar-refractivity contribution in [1.29, 1.82) is 0 Å². The van der Waals surface area contributed by atoms with Crippen LogP contribution in [-0.2, 0) is 4.79 Å². The molecule has 3 aromatic carbocycles. The van der Waals surface area contributed by atoms with Crippen LogP contribution in [0.5, 0.6) is 23.0 Å². The molecule has 0 unspecified atom stereocenters. The van der Waals surface area contributed by atoms with E-state index in [1.165, 1.54) is 6.08 Å². The average molecular weight is 402 g/mol. The second kappa shape index (κ2) is 8.83. The summed E-state index contributed by atoms with van der Waals surface area (Å²) >= 11 is 0. The van der Waals surface area contributed by atoms with Crippen LogP contribution in [0.3, 0.4) is 0 Å². The maximum absolute atomic E-state index is 12.2. The molecule has 7 heteroatoms. The maximum Gasteiger partial charge on any atom is 0.269 e. The van der Waals surface area contributed by atoms with Crippen molar-refractivity contribution in [3.63, 3.8) is 0 Å². The molecule has 0 spiro atoms. The lowest BCUT2D eigenvalue weighted by molar-refractivity contribution is -0.117. The quantitative estimate of drug-likeness (QED) is 0.502. The SMILES string of the molecule is O=C(/C=C/c1cccc(Oc2ccccc2)c1)NNC(=O)c1ccc2c(c1)OCO2. The molecule has 0 radical (unpaired) electrons. The fourth-order valence-electron chi connectivity index (χ4n) is 2.75. The van der Waals surface area contributed by atoms with Gasteiger partial charge >= 0.3 is 0 Å². The molecule has 2 N–H and O–H groups in total. The zero-order valence-corrected chi connectivity index (χ0v) is 15.8. The van der Waals surface area contributed by atoms with Crippen LogP contribution in [0.25, 0.3) is 6.08 Å². The first-order chi connectivity index (χ1) is 14.7. The van der Waals surface area contributed by atoms with Gasteiger partial charge in [-0.1, -0.05) is 30.3 Å². The topological polar surface area (TPSA) is 85.9 Å². The first kappa shape index (κ1) is 19.1. The van der Waals surface area contributed by atoms with E-state index < -0.39 is 11.8 Å². The van der Waals surface area contributed by atoms with Crippen LogP contribution >= 0.6 is 0 Å². The summed E-state index contributed by atoms with van der Waals surface area (Å²) in [5, 5.41) is 0. The van der Waals surface area contributed by atoms with Gasteiger partial charge in [0.05, 0.1) is 0 Å². The zero-order valence-electron chi connectivity index (χ0n) is 15.8. The predicted molar refractivity (Wildman–Crippen MR) is 110 cm³/mol. The molecular formula is C23H18N2O5. The van der Waals surface area contributed by atoms with Crippen LogP contribution in [0.1, 0.15) is 15.9 Å². The molecule has 150 valence electrons. The third kappa shape index (κ3) is 4.77. The molecule has 0 fully saturated rings. The molecule has 0 aromatic heterocycles. The number of fused-ring (bicyclic) bond motifs is 1. The Morgan fingerprint density at radius 3 is 2.50 bits per heavy atom. The van der Waals surface area contributed by atoms with E-state index in [2.05, 4.69) is 10.9 Å². The molecule has 0 aliphatic carbocycles. The van der Waals surface area contributed by atoms with Gasteiger partial charge in [-0.2, -0.15) is 0 Å². The molecule has 4 rings (SSSR count). The van der Waals surface area contributed by atoms with E-state index in [1.54, 1.807) is 24.3 Å². The van der Waals surface area contributed by atoms with Gasteiger partial charge in [-0.05, 0) is 54.1 Å². The minimum atomic E-state index is -0.474. The van der Waals surface area contributed by atoms with Crippen molar-refractivity contribution in [3.8, 4) is 23.0 Å². The molecular weight excluding hydrogens is 384 g/mol. The van der Waals surface area contributed by atoms with Crippen molar-refractivity contribution in [2.75, 3.05) is 6.79 Å². The molecule has 1 aliphatic heterocycles. The molecule has 0 atom stereocenters. The summed E-state index contributed by atoms with van der Waals surface area (Å²) in [5.41, 5.74) is 5.82. The highest BCUT2D eigenvalue weighted by atomic mass is 16.7. The van der Waals surface area contributed by atoms with Gasteiger partial charge < -0.3 is 14.2 Å². The molecule has 0 saturated carbocycles. The second-order valence-corrected chi connectivity index (χ2v) is 6.33. The highest BCUT2D eigenvalue weighted by Gasteiger charge is 2.16. The molecule has 1 aliphatic rings. The zero-order chi connectivity index (χ0) is 20.8. The number of hydrazine groups is 1. The largest absolute Gasteiger partial charge is 0.457 e. The molecule has 0 saturated heterocycles. The second-order valence-electron chi connectivity index (χ2n) is 6.33. The van der Waals surface area contributed by atoms with Crippen LogP contribution in [0.2, 0.25) is 0 Å². The van der Waals surface area contributed by atoms with Gasteiger partial charge in [-0.25, -0.2) is 0 Å². The van der Waals surface area contributed by atoms with Crippen molar-refractivity contribution in [2.45, 2.75) is 0 Å². The Hall–Kier alpha value is -4.26. The lowest BCUT2D eigenvalue weighted by Crippen LogP contribution is -2.40. The Balaban J connectivity index is 1.31. The Morgan fingerprint density at radius 2 is 1.63 bits per heavy atom. The van der Waals surface area contributed by atoms with E-state index in [4.69, 9.17) is 14.2 Å². The summed E-state index contributed by atoms with van der Waals surface area (Å²) in [7, 11) is 0. The number of carbonyl (C=O) groups is 2. The van der Waals surface area contributed by atoms with E-state index in [9.17, 15) is 9.59 Å². The lowest BCUT2D eigenvalue weighted by Gasteiger charge is -2.07. The molecule has 0 bridgehead atoms. The van der Waals surface area contributed by atoms with Gasteiger partial charge in [0, 0.05) is 11.6 Å². The van der Waals surface area contributed by atoms with Gasteiger partial charge in [0.1, 0.15) is 11.5 Å². The van der Waals surface area contributed by atoms with E-state index in [1.807, 2.05) is 54.6 Å². The Morgan fingerprint density at radius 1 is 0.833 bits per heavy atom. The smallest absolute Gasteiger partial charge is 0.269 e. The number of nitrogens with one attached hydrogen (secondary N) is 2. The summed E-state index contributed by atoms with van der Waals surface area (Å²) in [6.45, 7) is 0.125. The minimum absolute atomic E-state index is 0.125. The van der Waals surface area contributed by atoms with E-state index in [-0.39, 0.29) is 6.79 Å². The van der Waals surface area contributed by atoms with Crippen molar-refractivity contribution < 1.29 is 23.8 Å². The lowest BCUT2D eigenvalue weighted by atomic mass is 10.2. The minimum Gasteiger partial charge on any atom is -0.457 e. The third-order valence-electron chi connectivity index (χ3n) is 4.20. The molecule has 1 heterocycles. The fourth-order valence-corrected chi connectivity index (χ4v) is 2.75. The summed E-state index contributed by atoms with van der Waals surface area (Å²) in [6.07, 6.45) is 2.95. The van der Waals surface area contributed by atoms with Crippen LogP contribution in [0, 0.1) is 0 Å². The van der Waals surface area contributed by atoms with Gasteiger partial charge in [0.2, 0.25) is 6.79 Å². The first-order valence-corrected chi connectivity index (χ1v) is 9.18. The summed E-state index contributed by atoms with van der Waals surface area (Å²) in [5.74, 6) is 1.51. The van der Waals surface area contributed by atoms with Gasteiger partial charge in [0.15, 0.2) is 11.5 Å². The Labute approximate surface area is 172 Å². The van der Waals surface area contributed by atoms with Crippen LogP contribution in [0.15, 0.2) is 78.9 Å². The number of para-hydroxylation sites is 1. The van der Waals surface area contributed by atoms with E-state index in [0.29, 0.717) is 22.8 Å². The number of hydrogen-bond acceptors (Lipinski definition) is 5. The maximum atomic E-state index is 12.2. The molecule has 30 heavy (non-hydrogen) atoms. The molecule has 2 amide bonds. The van der Waals surface area contributed by atoms with Gasteiger partial charge in [-0.3, -0.25) is 20.4 Å².